The number of aromatic carboxylic acids is 1. The molecule has 0 unspecified atom stereocenters. The Morgan fingerprint density at radius 1 is 1.37 bits per heavy atom. The molecule has 1 aromatic heterocycles. The van der Waals surface area contributed by atoms with Crippen LogP contribution < -0.4 is 0 Å². The van der Waals surface area contributed by atoms with Crippen molar-refractivity contribution >= 4 is 5.97 Å². The van der Waals surface area contributed by atoms with E-state index in [1.54, 1.807) is 6.07 Å². The van der Waals surface area contributed by atoms with E-state index in [2.05, 4.69) is 5.10 Å². The number of carboxylic acid groups (broad SMARTS) is 1. The largest absolute Gasteiger partial charge is 0.507 e. The Labute approximate surface area is 111 Å². The van der Waals surface area contributed by atoms with Crippen molar-refractivity contribution in [2.45, 2.75) is 27.3 Å². The van der Waals surface area contributed by atoms with Crippen molar-refractivity contribution < 1.29 is 15.0 Å². The fraction of sp³-hybridized carbons (Fsp3) is 0.286. The molecule has 0 aliphatic rings. The highest BCUT2D eigenvalue weighted by atomic mass is 16.4. The molecule has 0 fully saturated rings. The SMILES string of the molecule is CCn1nc(C)c(-c2ccc(O)c(C(=O)O)c2)c1C. The van der Waals surface area contributed by atoms with Gasteiger partial charge in [0.1, 0.15) is 11.3 Å². The summed E-state index contributed by atoms with van der Waals surface area (Å²) in [5, 5.41) is 23.0. The van der Waals surface area contributed by atoms with Crippen molar-refractivity contribution in [3.63, 3.8) is 0 Å². The number of hydrogen-bond donors (Lipinski definition) is 2. The van der Waals surface area contributed by atoms with Gasteiger partial charge in [0.05, 0.1) is 5.69 Å². The van der Waals surface area contributed by atoms with Crippen molar-refractivity contribution in [2.75, 3.05) is 0 Å². The van der Waals surface area contributed by atoms with E-state index in [0.29, 0.717) is 0 Å². The van der Waals surface area contributed by atoms with Crippen LogP contribution in [0.4, 0.5) is 0 Å². The van der Waals surface area contributed by atoms with Gasteiger partial charge in [-0.15, -0.1) is 0 Å². The van der Waals surface area contributed by atoms with Crippen LogP contribution in [0.15, 0.2) is 18.2 Å². The zero-order valence-corrected chi connectivity index (χ0v) is 11.1. The van der Waals surface area contributed by atoms with E-state index in [4.69, 9.17) is 5.11 Å². The van der Waals surface area contributed by atoms with Gasteiger partial charge >= 0.3 is 5.97 Å². The number of hydrogen-bond acceptors (Lipinski definition) is 3. The highest BCUT2D eigenvalue weighted by Crippen LogP contribution is 2.30. The molecular weight excluding hydrogens is 244 g/mol. The van der Waals surface area contributed by atoms with Crippen LogP contribution in [0.1, 0.15) is 28.7 Å². The molecule has 0 radical (unpaired) electrons. The average molecular weight is 260 g/mol. The van der Waals surface area contributed by atoms with Gasteiger partial charge < -0.3 is 10.2 Å². The summed E-state index contributed by atoms with van der Waals surface area (Å²) in [5.41, 5.74) is 3.42. The minimum absolute atomic E-state index is 0.0967. The second-order valence-electron chi connectivity index (χ2n) is 4.40. The topological polar surface area (TPSA) is 75.3 Å². The van der Waals surface area contributed by atoms with Crippen molar-refractivity contribution in [2.24, 2.45) is 0 Å². The Kier molecular flexibility index (Phi) is 3.29. The molecule has 0 aliphatic heterocycles. The van der Waals surface area contributed by atoms with Crippen LogP contribution in [0.3, 0.4) is 0 Å². The third kappa shape index (κ3) is 2.19. The maximum Gasteiger partial charge on any atom is 0.339 e. The van der Waals surface area contributed by atoms with Crippen molar-refractivity contribution in [3.05, 3.63) is 35.2 Å². The smallest absolute Gasteiger partial charge is 0.339 e. The highest BCUT2D eigenvalue weighted by Gasteiger charge is 2.16. The van der Waals surface area contributed by atoms with Crippen LogP contribution in [0.2, 0.25) is 0 Å². The predicted octanol–water partition coefficient (Wildman–Crippen LogP) is 2.59. The number of carboxylic acids is 1. The third-order valence-electron chi connectivity index (χ3n) is 3.20. The molecule has 1 aromatic carbocycles. The van der Waals surface area contributed by atoms with Gasteiger partial charge in [0.15, 0.2) is 0 Å². The van der Waals surface area contributed by atoms with Gasteiger partial charge in [-0.05, 0) is 38.5 Å². The number of aromatic hydroxyl groups is 1. The normalized spacial score (nSPS) is 10.7. The fourth-order valence-electron chi connectivity index (χ4n) is 2.29. The molecule has 2 N–H and O–H groups in total. The fourth-order valence-corrected chi connectivity index (χ4v) is 2.29. The Hall–Kier alpha value is -2.30. The standard InChI is InChI=1S/C14H16N2O3/c1-4-16-9(3)13(8(2)15-16)10-5-6-12(17)11(7-10)14(18)19/h5-7,17H,4H2,1-3H3,(H,18,19). The average Bonchev–Trinajstić information content (AvgIpc) is 2.65. The minimum atomic E-state index is -1.14. The Morgan fingerprint density at radius 2 is 2.05 bits per heavy atom. The lowest BCUT2D eigenvalue weighted by atomic mass is 10.0. The van der Waals surface area contributed by atoms with Gasteiger partial charge in [0.25, 0.3) is 0 Å². The molecule has 100 valence electrons. The van der Waals surface area contributed by atoms with Crippen molar-refractivity contribution in [1.29, 1.82) is 0 Å². The number of rotatable bonds is 3. The van der Waals surface area contributed by atoms with Gasteiger partial charge in [-0.1, -0.05) is 6.07 Å². The lowest BCUT2D eigenvalue weighted by molar-refractivity contribution is 0.0694. The third-order valence-corrected chi connectivity index (χ3v) is 3.20. The first-order chi connectivity index (χ1) is 8.95. The summed E-state index contributed by atoms with van der Waals surface area (Å²) in [6.07, 6.45) is 0. The van der Waals surface area contributed by atoms with E-state index in [-0.39, 0.29) is 11.3 Å². The molecule has 19 heavy (non-hydrogen) atoms. The van der Waals surface area contributed by atoms with E-state index in [1.807, 2.05) is 25.5 Å². The van der Waals surface area contributed by atoms with Crippen LogP contribution in [0.25, 0.3) is 11.1 Å². The number of aryl methyl sites for hydroxylation is 2. The zero-order valence-electron chi connectivity index (χ0n) is 11.1. The summed E-state index contributed by atoms with van der Waals surface area (Å²) < 4.78 is 1.87. The van der Waals surface area contributed by atoms with Crippen LogP contribution in [0, 0.1) is 13.8 Å². The maximum atomic E-state index is 11.1. The van der Waals surface area contributed by atoms with Crippen LogP contribution >= 0.6 is 0 Å². The molecule has 0 atom stereocenters. The van der Waals surface area contributed by atoms with Crippen LogP contribution in [-0.4, -0.2) is 26.0 Å². The highest BCUT2D eigenvalue weighted by molar-refractivity contribution is 5.92. The second-order valence-corrected chi connectivity index (χ2v) is 4.40. The summed E-state index contributed by atoms with van der Waals surface area (Å²) in [5.74, 6) is -1.37. The van der Waals surface area contributed by atoms with E-state index < -0.39 is 5.97 Å². The molecule has 2 rings (SSSR count). The van der Waals surface area contributed by atoms with Gasteiger partial charge in [-0.2, -0.15) is 5.10 Å². The van der Waals surface area contributed by atoms with Gasteiger partial charge in [0, 0.05) is 17.8 Å². The molecule has 5 heteroatoms. The first kappa shape index (κ1) is 13.1. The molecule has 2 aromatic rings. The molecular formula is C14H16N2O3. The number of carbonyl (C=O) groups is 1. The minimum Gasteiger partial charge on any atom is -0.507 e. The summed E-state index contributed by atoms with van der Waals surface area (Å²) in [7, 11) is 0. The number of phenols is 1. The van der Waals surface area contributed by atoms with E-state index in [1.165, 1.54) is 12.1 Å². The molecule has 0 spiro atoms. The van der Waals surface area contributed by atoms with E-state index >= 15 is 0 Å². The zero-order chi connectivity index (χ0) is 14.2. The summed E-state index contributed by atoms with van der Waals surface area (Å²) >= 11 is 0. The summed E-state index contributed by atoms with van der Waals surface area (Å²) in [6.45, 7) is 6.60. The summed E-state index contributed by atoms with van der Waals surface area (Å²) in [6, 6.07) is 4.59. The van der Waals surface area contributed by atoms with E-state index in [0.717, 1.165) is 29.1 Å². The van der Waals surface area contributed by atoms with E-state index in [9.17, 15) is 9.90 Å². The quantitative estimate of drug-likeness (QED) is 0.889. The number of aromatic nitrogens is 2. The molecule has 5 nitrogen and oxygen atoms in total. The van der Waals surface area contributed by atoms with Crippen LogP contribution in [-0.2, 0) is 6.54 Å². The van der Waals surface area contributed by atoms with Gasteiger partial charge in [-0.3, -0.25) is 4.68 Å². The summed E-state index contributed by atoms with van der Waals surface area (Å²) in [4.78, 5) is 11.1. The maximum absolute atomic E-state index is 11.1. The monoisotopic (exact) mass is 260 g/mol. The van der Waals surface area contributed by atoms with Crippen molar-refractivity contribution in [1.82, 2.24) is 9.78 Å². The Bertz CT molecular complexity index is 644. The molecule has 0 saturated heterocycles. The molecule has 0 aliphatic carbocycles. The first-order valence-corrected chi connectivity index (χ1v) is 6.06. The van der Waals surface area contributed by atoms with Gasteiger partial charge in [-0.25, -0.2) is 4.79 Å². The predicted molar refractivity (Wildman–Crippen MR) is 71.4 cm³/mol. The molecule has 0 saturated carbocycles. The van der Waals surface area contributed by atoms with Gasteiger partial charge in [0.2, 0.25) is 0 Å². The first-order valence-electron chi connectivity index (χ1n) is 6.06. The Balaban J connectivity index is 2.63. The molecule has 0 amide bonds. The number of benzene rings is 1. The lowest BCUT2D eigenvalue weighted by Gasteiger charge is -2.06. The Morgan fingerprint density at radius 3 is 2.58 bits per heavy atom. The molecule has 0 bridgehead atoms. The van der Waals surface area contributed by atoms with Crippen molar-refractivity contribution in [3.8, 4) is 16.9 Å². The lowest BCUT2D eigenvalue weighted by Crippen LogP contribution is -1.99. The second kappa shape index (κ2) is 4.76. The molecule has 1 heterocycles. The van der Waals surface area contributed by atoms with Crippen LogP contribution in [0.5, 0.6) is 5.75 Å². The number of nitrogens with zero attached hydrogens (tertiary/aromatic N) is 2.